The van der Waals surface area contributed by atoms with E-state index in [1.54, 1.807) is 24.1 Å². The molecule has 2 aliphatic rings. The number of allylic oxidation sites excluding steroid dienone is 1. The van der Waals surface area contributed by atoms with Gasteiger partial charge in [-0.3, -0.25) is 9.69 Å². The molecule has 0 radical (unpaired) electrons. The normalized spacial score (nSPS) is 19.3. The summed E-state index contributed by atoms with van der Waals surface area (Å²) in [5.41, 5.74) is 1.10. The molecule has 41 heavy (non-hydrogen) atoms. The zero-order chi connectivity index (χ0) is 29.9. The Morgan fingerprint density at radius 1 is 1.02 bits per heavy atom. The Labute approximate surface area is 249 Å². The Morgan fingerprint density at radius 3 is 2.44 bits per heavy atom. The number of amides is 1. The van der Waals surface area contributed by atoms with E-state index in [0.29, 0.717) is 34.8 Å². The van der Waals surface area contributed by atoms with Crippen LogP contribution < -0.4 is 4.90 Å². The van der Waals surface area contributed by atoms with Crippen LogP contribution >= 0.6 is 11.8 Å². The minimum absolute atomic E-state index is 0.0459. The van der Waals surface area contributed by atoms with E-state index in [1.165, 1.54) is 16.1 Å². The van der Waals surface area contributed by atoms with E-state index in [-0.39, 0.29) is 24.0 Å². The second-order valence-corrected chi connectivity index (χ2v) is 15.2. The summed E-state index contributed by atoms with van der Waals surface area (Å²) in [5, 5.41) is 1.60. The van der Waals surface area contributed by atoms with Gasteiger partial charge in [0.25, 0.3) is 0 Å². The number of rotatable bonds is 10. The molecule has 0 unspecified atom stereocenters. The van der Waals surface area contributed by atoms with Crippen LogP contribution in [-0.4, -0.2) is 86.4 Å². The quantitative estimate of drug-likeness (QED) is 0.323. The van der Waals surface area contributed by atoms with Crippen molar-refractivity contribution < 1.29 is 22.7 Å². The number of hydrogen-bond acceptors (Lipinski definition) is 7. The van der Waals surface area contributed by atoms with Crippen molar-refractivity contribution in [2.75, 3.05) is 44.1 Å². The number of benzene rings is 2. The zero-order valence-electron chi connectivity index (χ0n) is 25.1. The van der Waals surface area contributed by atoms with Crippen molar-refractivity contribution in [1.82, 2.24) is 9.21 Å². The fourth-order valence-electron chi connectivity index (χ4n) is 5.73. The van der Waals surface area contributed by atoms with E-state index in [2.05, 4.69) is 0 Å². The van der Waals surface area contributed by atoms with E-state index < -0.39 is 15.6 Å². The highest BCUT2D eigenvalue weighted by molar-refractivity contribution is 7.99. The van der Waals surface area contributed by atoms with Gasteiger partial charge in [0, 0.05) is 55.8 Å². The van der Waals surface area contributed by atoms with Crippen LogP contribution in [0, 0.1) is 0 Å². The predicted octanol–water partition coefficient (Wildman–Crippen LogP) is 5.71. The molecule has 0 aliphatic carbocycles. The van der Waals surface area contributed by atoms with Crippen LogP contribution in [-0.2, 0) is 19.6 Å². The van der Waals surface area contributed by atoms with Crippen molar-refractivity contribution >= 4 is 50.1 Å². The molecule has 0 N–H and O–H groups in total. The molecule has 2 aromatic carbocycles. The predicted molar refractivity (Wildman–Crippen MR) is 167 cm³/mol. The van der Waals surface area contributed by atoms with Crippen LogP contribution in [0.3, 0.4) is 0 Å². The second-order valence-electron chi connectivity index (χ2n) is 12.1. The lowest BCUT2D eigenvalue weighted by Crippen LogP contribution is -2.45. The third-order valence-corrected chi connectivity index (χ3v) is 10.6. The molecule has 0 spiro atoms. The summed E-state index contributed by atoms with van der Waals surface area (Å²) < 4.78 is 34.0. The number of nitrogens with zero attached hydrogens (tertiary/aromatic N) is 3. The van der Waals surface area contributed by atoms with Gasteiger partial charge in [-0.25, -0.2) is 17.5 Å². The van der Waals surface area contributed by atoms with Crippen molar-refractivity contribution in [2.24, 2.45) is 0 Å². The van der Waals surface area contributed by atoms with Gasteiger partial charge in [0.1, 0.15) is 5.60 Å². The topological polar surface area (TPSA) is 87.2 Å². The minimum atomic E-state index is -3.69. The number of sulfonamides is 1. The average molecular weight is 602 g/mol. The average Bonchev–Trinajstić information content (AvgIpc) is 3.21. The maximum absolute atomic E-state index is 13.5. The number of ether oxygens (including phenoxy) is 1. The molecule has 2 heterocycles. The van der Waals surface area contributed by atoms with Crippen LogP contribution in [0.1, 0.15) is 52.9 Å². The number of carbonyl (C=O) groups is 2. The van der Waals surface area contributed by atoms with Crippen LogP contribution in [0.2, 0.25) is 0 Å². The van der Waals surface area contributed by atoms with E-state index in [4.69, 9.17) is 4.74 Å². The summed E-state index contributed by atoms with van der Waals surface area (Å²) in [6.07, 6.45) is 5.57. The van der Waals surface area contributed by atoms with Gasteiger partial charge >= 0.3 is 6.09 Å². The lowest BCUT2D eigenvalue weighted by atomic mass is 9.97. The monoisotopic (exact) mass is 601 g/mol. The Hall–Kier alpha value is -2.56. The molecule has 0 aromatic heterocycles. The van der Waals surface area contributed by atoms with Crippen molar-refractivity contribution in [3.05, 3.63) is 48.0 Å². The summed E-state index contributed by atoms with van der Waals surface area (Å²) in [5.74, 6) is 1.01. The lowest BCUT2D eigenvalue weighted by molar-refractivity contribution is -0.113. The smallest absolute Gasteiger partial charge is 0.411 e. The summed E-state index contributed by atoms with van der Waals surface area (Å²) in [4.78, 5) is 30.3. The molecule has 10 heteroatoms. The first-order valence-corrected chi connectivity index (χ1v) is 16.9. The highest BCUT2D eigenvalue weighted by Gasteiger charge is 2.43. The number of fused-ring (bicyclic) bond motifs is 3. The summed E-state index contributed by atoms with van der Waals surface area (Å²) in [6, 6.07) is 11.0. The molecule has 4 rings (SSSR count). The van der Waals surface area contributed by atoms with Gasteiger partial charge in [-0.05, 0) is 70.8 Å². The van der Waals surface area contributed by atoms with Crippen molar-refractivity contribution in [2.45, 2.75) is 75.5 Å². The molecule has 0 saturated carbocycles. The van der Waals surface area contributed by atoms with Crippen molar-refractivity contribution in [3.63, 3.8) is 0 Å². The summed E-state index contributed by atoms with van der Waals surface area (Å²) >= 11 is 1.51. The van der Waals surface area contributed by atoms with Gasteiger partial charge in [0.2, 0.25) is 10.0 Å². The third-order valence-electron chi connectivity index (χ3n) is 7.68. The number of hydrogen-bond donors (Lipinski definition) is 0. The molecular formula is C31H43N3O5S2. The fraction of sp³-hybridized carbons (Fsp3) is 0.548. The van der Waals surface area contributed by atoms with Crippen molar-refractivity contribution in [1.29, 1.82) is 0 Å². The van der Waals surface area contributed by atoms with E-state index >= 15 is 0 Å². The molecule has 1 saturated heterocycles. The van der Waals surface area contributed by atoms with Crippen LogP contribution in [0.5, 0.6) is 0 Å². The number of Topliss-reactive ketones (excluding diaryl/α,β-unsaturated/α-hetero) is 1. The van der Waals surface area contributed by atoms with Crippen LogP contribution in [0.25, 0.3) is 10.8 Å². The standard InChI is InChI=1S/C31H43N3O5S2/c1-31(2,3)39-30(36)34-22-11-7-14-25(27(34)18-17-22)28(35)21-40-20-10-19-33(6)41(37,38)29-16-9-12-23-24(29)13-8-15-26(23)32(4)5/h8-9,12-16,22,27H,7,10-11,17-21H2,1-6H3/t22-,27-/m1/s1. The van der Waals surface area contributed by atoms with Crippen LogP contribution in [0.4, 0.5) is 10.5 Å². The van der Waals surface area contributed by atoms with Gasteiger partial charge in [-0.15, -0.1) is 0 Å². The number of ketones is 1. The largest absolute Gasteiger partial charge is 0.444 e. The van der Waals surface area contributed by atoms with Crippen molar-refractivity contribution in [3.8, 4) is 0 Å². The van der Waals surface area contributed by atoms with Gasteiger partial charge in [-0.1, -0.05) is 30.3 Å². The first-order chi connectivity index (χ1) is 19.3. The fourth-order valence-corrected chi connectivity index (χ4v) is 7.98. The summed E-state index contributed by atoms with van der Waals surface area (Å²) in [6.45, 7) is 5.92. The van der Waals surface area contributed by atoms with Gasteiger partial charge in [0.15, 0.2) is 5.78 Å². The molecule has 2 aliphatic heterocycles. The Morgan fingerprint density at radius 2 is 1.73 bits per heavy atom. The molecule has 2 bridgehead atoms. The first-order valence-electron chi connectivity index (χ1n) is 14.3. The van der Waals surface area contributed by atoms with E-state index in [9.17, 15) is 18.0 Å². The highest BCUT2D eigenvalue weighted by atomic mass is 32.2. The maximum atomic E-state index is 13.5. The Bertz CT molecular complexity index is 1410. The molecule has 2 aromatic rings. The molecule has 224 valence electrons. The first kappa shape index (κ1) is 31.4. The Balaban J connectivity index is 1.33. The molecule has 1 fully saturated rings. The molecular weight excluding hydrogens is 558 g/mol. The highest BCUT2D eigenvalue weighted by Crippen LogP contribution is 2.37. The zero-order valence-corrected chi connectivity index (χ0v) is 26.7. The van der Waals surface area contributed by atoms with E-state index in [1.807, 2.05) is 70.1 Å². The number of carbonyl (C=O) groups excluding carboxylic acids is 2. The minimum Gasteiger partial charge on any atom is -0.444 e. The molecule has 2 atom stereocenters. The maximum Gasteiger partial charge on any atom is 0.411 e. The second kappa shape index (κ2) is 12.8. The number of thioether (sulfide) groups is 1. The number of anilines is 1. The third kappa shape index (κ3) is 7.09. The molecule has 8 nitrogen and oxygen atoms in total. The van der Waals surface area contributed by atoms with Gasteiger partial charge < -0.3 is 9.64 Å². The van der Waals surface area contributed by atoms with Gasteiger partial charge in [-0.2, -0.15) is 11.8 Å². The van der Waals surface area contributed by atoms with Gasteiger partial charge in [0.05, 0.1) is 16.7 Å². The summed E-state index contributed by atoms with van der Waals surface area (Å²) in [7, 11) is 1.81. The SMILES string of the molecule is CN(C)c1cccc2c(S(=O)(=O)N(C)CCCSCC(=O)C3=CCC[C@@H]4CC[C@H]3N4C(=O)OC(C)(C)C)cccc12. The van der Waals surface area contributed by atoms with E-state index in [0.717, 1.165) is 42.3 Å². The van der Waals surface area contributed by atoms with Crippen LogP contribution in [0.15, 0.2) is 52.9 Å². The lowest BCUT2D eigenvalue weighted by Gasteiger charge is -2.32. The molecule has 1 amide bonds. The Kier molecular flexibility index (Phi) is 9.76.